The fraction of sp³-hybridized carbons (Fsp3) is 0.583. The summed E-state index contributed by atoms with van der Waals surface area (Å²) in [6, 6.07) is 0.320. The maximum absolute atomic E-state index is 12.2. The number of rotatable bonds is 1. The van der Waals surface area contributed by atoms with Crippen LogP contribution in [0.1, 0.15) is 37.5 Å². The largest absolute Gasteiger partial charge is 0.330 e. The van der Waals surface area contributed by atoms with Gasteiger partial charge in [0.15, 0.2) is 5.65 Å². The Morgan fingerprint density at radius 3 is 2.76 bits per heavy atom. The van der Waals surface area contributed by atoms with E-state index in [1.807, 2.05) is 11.5 Å². The van der Waals surface area contributed by atoms with Crippen LogP contribution in [0.15, 0.2) is 11.0 Å². The van der Waals surface area contributed by atoms with Crippen molar-refractivity contribution in [3.8, 4) is 0 Å². The molecule has 17 heavy (non-hydrogen) atoms. The lowest BCUT2D eigenvalue weighted by Crippen LogP contribution is -2.25. The van der Waals surface area contributed by atoms with Gasteiger partial charge in [0, 0.05) is 13.1 Å². The third-order valence-corrected chi connectivity index (χ3v) is 3.64. The topological polar surface area (TPSA) is 52.7 Å². The second-order valence-electron chi connectivity index (χ2n) is 4.78. The van der Waals surface area contributed by atoms with Gasteiger partial charge in [-0.3, -0.25) is 9.13 Å². The molecule has 3 rings (SSSR count). The van der Waals surface area contributed by atoms with Crippen LogP contribution in [0.25, 0.3) is 11.2 Å². The van der Waals surface area contributed by atoms with Crippen molar-refractivity contribution < 1.29 is 0 Å². The van der Waals surface area contributed by atoms with E-state index in [4.69, 9.17) is 0 Å². The standard InChI is InChI=1S/C12H16N4O/c1-8-13-7-10-11(14-8)16(12(17)15(10)2)9-5-3-4-6-9/h7,9H,3-6H2,1-2H3. The molecule has 0 aromatic carbocycles. The molecule has 90 valence electrons. The third kappa shape index (κ3) is 1.49. The van der Waals surface area contributed by atoms with Crippen LogP contribution >= 0.6 is 0 Å². The smallest absolute Gasteiger partial charge is 0.292 e. The average Bonchev–Trinajstić information content (AvgIpc) is 2.88. The molecule has 0 radical (unpaired) electrons. The summed E-state index contributed by atoms with van der Waals surface area (Å²) in [4.78, 5) is 20.8. The summed E-state index contributed by atoms with van der Waals surface area (Å²) in [6.45, 7) is 1.86. The van der Waals surface area contributed by atoms with E-state index in [0.717, 1.165) is 29.8 Å². The van der Waals surface area contributed by atoms with E-state index in [9.17, 15) is 4.79 Å². The van der Waals surface area contributed by atoms with Crippen molar-refractivity contribution in [2.24, 2.45) is 7.05 Å². The molecule has 1 aliphatic rings. The van der Waals surface area contributed by atoms with Gasteiger partial charge >= 0.3 is 5.69 Å². The van der Waals surface area contributed by atoms with E-state index in [1.165, 1.54) is 12.8 Å². The molecule has 1 fully saturated rings. The van der Waals surface area contributed by atoms with E-state index < -0.39 is 0 Å². The molecular formula is C12H16N4O. The number of aryl methyl sites for hydroxylation is 2. The Morgan fingerprint density at radius 1 is 1.35 bits per heavy atom. The molecule has 0 N–H and O–H groups in total. The van der Waals surface area contributed by atoms with Crippen molar-refractivity contribution >= 4 is 11.2 Å². The summed E-state index contributed by atoms with van der Waals surface area (Å²) in [5.74, 6) is 0.717. The molecular weight excluding hydrogens is 216 g/mol. The molecule has 2 aromatic rings. The van der Waals surface area contributed by atoms with Crippen LogP contribution in [0.5, 0.6) is 0 Å². The Hall–Kier alpha value is -1.65. The van der Waals surface area contributed by atoms with Crippen molar-refractivity contribution in [3.05, 3.63) is 22.5 Å². The Labute approximate surface area is 99.1 Å². The summed E-state index contributed by atoms with van der Waals surface area (Å²) >= 11 is 0. The zero-order chi connectivity index (χ0) is 12.0. The summed E-state index contributed by atoms with van der Waals surface area (Å²) in [7, 11) is 1.79. The monoisotopic (exact) mass is 232 g/mol. The van der Waals surface area contributed by atoms with E-state index in [2.05, 4.69) is 9.97 Å². The summed E-state index contributed by atoms with van der Waals surface area (Å²) in [5, 5.41) is 0. The first kappa shape index (κ1) is 10.5. The second kappa shape index (κ2) is 3.68. The highest BCUT2D eigenvalue weighted by atomic mass is 16.1. The van der Waals surface area contributed by atoms with Crippen LogP contribution in [0.2, 0.25) is 0 Å². The SMILES string of the molecule is Cc1ncc2c(n1)n(C1CCCC1)c(=O)n2C. The Kier molecular flexibility index (Phi) is 2.28. The van der Waals surface area contributed by atoms with Crippen molar-refractivity contribution in [1.29, 1.82) is 0 Å². The maximum Gasteiger partial charge on any atom is 0.330 e. The lowest BCUT2D eigenvalue weighted by molar-refractivity contribution is 0.506. The van der Waals surface area contributed by atoms with Crippen LogP contribution in [-0.4, -0.2) is 19.1 Å². The lowest BCUT2D eigenvalue weighted by atomic mass is 10.2. The highest BCUT2D eigenvalue weighted by Crippen LogP contribution is 2.30. The minimum absolute atomic E-state index is 0.0341. The number of hydrogen-bond acceptors (Lipinski definition) is 3. The fourth-order valence-electron chi connectivity index (χ4n) is 2.71. The Balaban J connectivity index is 2.31. The molecule has 0 atom stereocenters. The average molecular weight is 232 g/mol. The van der Waals surface area contributed by atoms with Crippen LogP contribution in [-0.2, 0) is 7.05 Å². The molecule has 0 spiro atoms. The number of aromatic nitrogens is 4. The summed E-state index contributed by atoms with van der Waals surface area (Å²) in [5.41, 5.74) is 1.65. The van der Waals surface area contributed by atoms with Crippen LogP contribution in [0.3, 0.4) is 0 Å². The van der Waals surface area contributed by atoms with E-state index >= 15 is 0 Å². The summed E-state index contributed by atoms with van der Waals surface area (Å²) in [6.07, 6.45) is 6.32. The summed E-state index contributed by atoms with van der Waals surface area (Å²) < 4.78 is 3.50. The molecule has 2 heterocycles. The van der Waals surface area contributed by atoms with Gasteiger partial charge < -0.3 is 0 Å². The predicted octanol–water partition coefficient (Wildman–Crippen LogP) is 1.55. The van der Waals surface area contributed by atoms with Gasteiger partial charge in [-0.15, -0.1) is 0 Å². The highest BCUT2D eigenvalue weighted by Gasteiger charge is 2.23. The molecule has 0 unspecified atom stereocenters. The molecule has 0 saturated heterocycles. The third-order valence-electron chi connectivity index (χ3n) is 3.64. The lowest BCUT2D eigenvalue weighted by Gasteiger charge is -2.10. The number of imidazole rings is 1. The van der Waals surface area contributed by atoms with Gasteiger partial charge in [-0.25, -0.2) is 14.8 Å². The quantitative estimate of drug-likeness (QED) is 0.749. The first-order chi connectivity index (χ1) is 8.18. The molecule has 5 heteroatoms. The van der Waals surface area contributed by atoms with Crippen molar-refractivity contribution in [3.63, 3.8) is 0 Å². The minimum atomic E-state index is 0.0341. The predicted molar refractivity (Wildman–Crippen MR) is 65.0 cm³/mol. The molecule has 0 bridgehead atoms. The highest BCUT2D eigenvalue weighted by molar-refractivity contribution is 5.70. The first-order valence-corrected chi connectivity index (χ1v) is 6.09. The van der Waals surface area contributed by atoms with Crippen molar-refractivity contribution in [2.75, 3.05) is 0 Å². The number of nitrogens with zero attached hydrogens (tertiary/aromatic N) is 4. The van der Waals surface area contributed by atoms with Gasteiger partial charge in [0.2, 0.25) is 0 Å². The van der Waals surface area contributed by atoms with E-state index in [1.54, 1.807) is 17.8 Å². The van der Waals surface area contributed by atoms with Crippen LogP contribution in [0.4, 0.5) is 0 Å². The zero-order valence-corrected chi connectivity index (χ0v) is 10.2. The molecule has 0 aliphatic heterocycles. The zero-order valence-electron chi connectivity index (χ0n) is 10.2. The van der Waals surface area contributed by atoms with E-state index in [0.29, 0.717) is 6.04 Å². The van der Waals surface area contributed by atoms with Gasteiger partial charge in [-0.1, -0.05) is 12.8 Å². The van der Waals surface area contributed by atoms with E-state index in [-0.39, 0.29) is 5.69 Å². The molecule has 1 saturated carbocycles. The molecule has 2 aromatic heterocycles. The maximum atomic E-state index is 12.2. The normalized spacial score (nSPS) is 17.1. The van der Waals surface area contributed by atoms with Gasteiger partial charge in [0.05, 0.1) is 6.20 Å². The molecule has 0 amide bonds. The minimum Gasteiger partial charge on any atom is -0.292 e. The molecule has 1 aliphatic carbocycles. The Morgan fingerprint density at radius 2 is 2.06 bits per heavy atom. The van der Waals surface area contributed by atoms with Gasteiger partial charge in [-0.05, 0) is 19.8 Å². The van der Waals surface area contributed by atoms with Crippen LogP contribution < -0.4 is 5.69 Å². The number of hydrogen-bond donors (Lipinski definition) is 0. The Bertz CT molecular complexity index is 619. The fourth-order valence-corrected chi connectivity index (χ4v) is 2.71. The molecule has 5 nitrogen and oxygen atoms in total. The van der Waals surface area contributed by atoms with Gasteiger partial charge in [-0.2, -0.15) is 0 Å². The van der Waals surface area contributed by atoms with Gasteiger partial charge in [0.1, 0.15) is 11.3 Å². The number of fused-ring (bicyclic) bond motifs is 1. The van der Waals surface area contributed by atoms with Crippen LogP contribution in [0, 0.1) is 6.92 Å². The first-order valence-electron chi connectivity index (χ1n) is 6.09. The second-order valence-corrected chi connectivity index (χ2v) is 4.78. The van der Waals surface area contributed by atoms with Gasteiger partial charge in [0.25, 0.3) is 0 Å². The van der Waals surface area contributed by atoms with Crippen molar-refractivity contribution in [2.45, 2.75) is 38.6 Å². The van der Waals surface area contributed by atoms with Crippen molar-refractivity contribution in [1.82, 2.24) is 19.1 Å².